The minimum absolute atomic E-state index is 0.0692. The molecule has 0 aromatic carbocycles. The van der Waals surface area contributed by atoms with E-state index >= 15 is 0 Å². The second kappa shape index (κ2) is 5.68. The number of carbonyl (C=O) groups excluding carboxylic acids is 1. The average Bonchev–Trinajstić information content (AvgIpc) is 3.18. The Balaban J connectivity index is 1.58. The highest BCUT2D eigenvalue weighted by atomic mass is 32.1. The molecule has 2 saturated heterocycles. The molecule has 2 aliphatic heterocycles. The van der Waals surface area contributed by atoms with Crippen LogP contribution in [-0.4, -0.2) is 49.3 Å². The first kappa shape index (κ1) is 13.8. The van der Waals surface area contributed by atoms with Crippen LogP contribution in [0.2, 0.25) is 0 Å². The lowest BCUT2D eigenvalue weighted by atomic mass is 9.98. The molecule has 1 spiro atoms. The van der Waals surface area contributed by atoms with E-state index in [1.807, 2.05) is 28.5 Å². The third-order valence-corrected chi connectivity index (χ3v) is 4.91. The molecule has 2 fully saturated rings. The van der Waals surface area contributed by atoms with Crippen molar-refractivity contribution in [3.63, 3.8) is 0 Å². The summed E-state index contributed by atoms with van der Waals surface area (Å²) in [6, 6.07) is 3.99. The quantitative estimate of drug-likeness (QED) is 0.802. The molecule has 1 amide bonds. The molecule has 1 aromatic rings. The van der Waals surface area contributed by atoms with E-state index in [0.29, 0.717) is 13.2 Å². The van der Waals surface area contributed by atoms with Gasteiger partial charge in [0.05, 0.1) is 24.9 Å². The number of carbonyl (C=O) groups is 1. The van der Waals surface area contributed by atoms with Gasteiger partial charge in [-0.2, -0.15) is 0 Å². The Hall–Kier alpha value is -1.17. The van der Waals surface area contributed by atoms with Gasteiger partial charge in [-0.3, -0.25) is 4.79 Å². The Morgan fingerprint density at radius 1 is 1.65 bits per heavy atom. The fourth-order valence-corrected chi connectivity index (χ4v) is 3.53. The molecule has 20 heavy (non-hydrogen) atoms. The largest absolute Gasteiger partial charge is 0.379 e. The SMILES string of the molecule is CO[C@H]1CO[C@@]2(CCN(C(=O)/C=C/c3cccs3)C2)C1. The van der Waals surface area contributed by atoms with E-state index in [0.717, 1.165) is 24.3 Å². The summed E-state index contributed by atoms with van der Waals surface area (Å²) in [7, 11) is 1.72. The van der Waals surface area contributed by atoms with Gasteiger partial charge in [0.2, 0.25) is 5.91 Å². The number of likely N-dealkylation sites (tertiary alicyclic amines) is 1. The van der Waals surface area contributed by atoms with Gasteiger partial charge in [-0.25, -0.2) is 0 Å². The summed E-state index contributed by atoms with van der Waals surface area (Å²) in [5.74, 6) is 0.0692. The van der Waals surface area contributed by atoms with Crippen LogP contribution in [0, 0.1) is 0 Å². The number of ether oxygens (including phenoxy) is 2. The number of hydrogen-bond donors (Lipinski definition) is 0. The van der Waals surface area contributed by atoms with Crippen LogP contribution >= 0.6 is 11.3 Å². The van der Waals surface area contributed by atoms with Gasteiger partial charge in [0.1, 0.15) is 0 Å². The van der Waals surface area contributed by atoms with Gasteiger partial charge in [0.25, 0.3) is 0 Å². The van der Waals surface area contributed by atoms with Crippen molar-refractivity contribution >= 4 is 23.3 Å². The first-order valence-electron chi connectivity index (χ1n) is 6.88. The summed E-state index contributed by atoms with van der Waals surface area (Å²) in [5, 5.41) is 2.01. The van der Waals surface area contributed by atoms with Gasteiger partial charge in [-0.1, -0.05) is 6.07 Å². The van der Waals surface area contributed by atoms with Crippen LogP contribution in [0.3, 0.4) is 0 Å². The standard InChI is InChI=1S/C15H19NO3S/c1-18-12-9-15(19-10-12)6-7-16(11-15)14(17)5-4-13-3-2-8-20-13/h2-5,8,12H,6-7,9-11H2,1H3/b5-4+/t12-,15+/m1/s1. The van der Waals surface area contributed by atoms with Crippen molar-refractivity contribution in [3.05, 3.63) is 28.5 Å². The predicted molar refractivity (Wildman–Crippen MR) is 78.6 cm³/mol. The van der Waals surface area contributed by atoms with Crippen molar-refractivity contribution < 1.29 is 14.3 Å². The van der Waals surface area contributed by atoms with Gasteiger partial charge in [-0.05, 0) is 23.9 Å². The minimum Gasteiger partial charge on any atom is -0.379 e. The lowest BCUT2D eigenvalue weighted by Gasteiger charge is -2.22. The van der Waals surface area contributed by atoms with Crippen molar-refractivity contribution in [2.24, 2.45) is 0 Å². The number of nitrogens with zero attached hydrogens (tertiary/aromatic N) is 1. The zero-order chi connectivity index (χ0) is 14.0. The Bertz CT molecular complexity index is 499. The summed E-state index contributed by atoms with van der Waals surface area (Å²) in [6.07, 6.45) is 5.51. The van der Waals surface area contributed by atoms with Gasteiger partial charge < -0.3 is 14.4 Å². The fraction of sp³-hybridized carbons (Fsp3) is 0.533. The molecule has 3 heterocycles. The zero-order valence-electron chi connectivity index (χ0n) is 11.6. The second-order valence-corrected chi connectivity index (χ2v) is 6.39. The molecular formula is C15H19NO3S. The number of hydrogen-bond acceptors (Lipinski definition) is 4. The third-order valence-electron chi connectivity index (χ3n) is 4.07. The molecule has 0 N–H and O–H groups in total. The average molecular weight is 293 g/mol. The second-order valence-electron chi connectivity index (χ2n) is 5.41. The molecule has 0 bridgehead atoms. The molecule has 4 nitrogen and oxygen atoms in total. The molecule has 0 saturated carbocycles. The summed E-state index contributed by atoms with van der Waals surface area (Å²) >= 11 is 1.63. The highest BCUT2D eigenvalue weighted by Gasteiger charge is 2.46. The normalized spacial score (nSPS) is 29.9. The van der Waals surface area contributed by atoms with E-state index in [9.17, 15) is 4.79 Å². The number of amides is 1. The van der Waals surface area contributed by atoms with Gasteiger partial charge in [0.15, 0.2) is 0 Å². The molecule has 3 rings (SSSR count). The third kappa shape index (κ3) is 2.80. The van der Waals surface area contributed by atoms with E-state index in [2.05, 4.69) is 0 Å². The highest BCUT2D eigenvalue weighted by molar-refractivity contribution is 7.10. The molecule has 5 heteroatoms. The van der Waals surface area contributed by atoms with E-state index in [4.69, 9.17) is 9.47 Å². The van der Waals surface area contributed by atoms with E-state index in [1.54, 1.807) is 24.5 Å². The predicted octanol–water partition coefficient (Wildman–Crippen LogP) is 2.17. The molecule has 0 radical (unpaired) electrons. The highest BCUT2D eigenvalue weighted by Crippen LogP contribution is 2.36. The monoisotopic (exact) mass is 293 g/mol. The minimum atomic E-state index is -0.174. The van der Waals surface area contributed by atoms with Gasteiger partial charge in [-0.15, -0.1) is 11.3 Å². The van der Waals surface area contributed by atoms with Crippen molar-refractivity contribution in [3.8, 4) is 0 Å². The van der Waals surface area contributed by atoms with Crippen molar-refractivity contribution in [1.29, 1.82) is 0 Å². The number of thiophene rings is 1. The van der Waals surface area contributed by atoms with Crippen LogP contribution < -0.4 is 0 Å². The van der Waals surface area contributed by atoms with Crippen molar-refractivity contribution in [2.75, 3.05) is 26.8 Å². The van der Waals surface area contributed by atoms with E-state index in [1.165, 1.54) is 0 Å². The topological polar surface area (TPSA) is 38.8 Å². The Kier molecular flexibility index (Phi) is 3.92. The molecular weight excluding hydrogens is 274 g/mol. The van der Waals surface area contributed by atoms with Crippen molar-refractivity contribution in [1.82, 2.24) is 4.90 Å². The summed E-state index contributed by atoms with van der Waals surface area (Å²) < 4.78 is 11.2. The molecule has 2 atom stereocenters. The lowest BCUT2D eigenvalue weighted by Crippen LogP contribution is -2.35. The van der Waals surface area contributed by atoms with Crippen LogP contribution in [0.25, 0.3) is 6.08 Å². The summed E-state index contributed by atoms with van der Waals surface area (Å²) in [4.78, 5) is 15.2. The van der Waals surface area contributed by atoms with Crippen LogP contribution in [0.4, 0.5) is 0 Å². The summed E-state index contributed by atoms with van der Waals surface area (Å²) in [6.45, 7) is 2.09. The Labute approximate surface area is 123 Å². The summed E-state index contributed by atoms with van der Waals surface area (Å²) in [5.41, 5.74) is -0.174. The van der Waals surface area contributed by atoms with Crippen LogP contribution in [-0.2, 0) is 14.3 Å². The maximum Gasteiger partial charge on any atom is 0.246 e. The molecule has 0 unspecified atom stereocenters. The molecule has 2 aliphatic rings. The van der Waals surface area contributed by atoms with Crippen molar-refractivity contribution in [2.45, 2.75) is 24.5 Å². The Morgan fingerprint density at radius 2 is 2.55 bits per heavy atom. The molecule has 0 aliphatic carbocycles. The van der Waals surface area contributed by atoms with Crippen LogP contribution in [0.1, 0.15) is 17.7 Å². The first-order chi connectivity index (χ1) is 9.71. The van der Waals surface area contributed by atoms with Crippen LogP contribution in [0.15, 0.2) is 23.6 Å². The smallest absolute Gasteiger partial charge is 0.246 e. The number of methoxy groups -OCH3 is 1. The maximum atomic E-state index is 12.2. The van der Waals surface area contributed by atoms with Gasteiger partial charge in [0, 0.05) is 31.0 Å². The zero-order valence-corrected chi connectivity index (χ0v) is 12.4. The van der Waals surface area contributed by atoms with E-state index < -0.39 is 0 Å². The van der Waals surface area contributed by atoms with Crippen LogP contribution in [0.5, 0.6) is 0 Å². The molecule has 1 aromatic heterocycles. The maximum absolute atomic E-state index is 12.2. The molecule has 108 valence electrons. The Morgan fingerprint density at radius 3 is 3.25 bits per heavy atom. The number of rotatable bonds is 3. The van der Waals surface area contributed by atoms with Gasteiger partial charge >= 0.3 is 0 Å². The lowest BCUT2D eigenvalue weighted by molar-refractivity contribution is -0.126. The van der Waals surface area contributed by atoms with E-state index in [-0.39, 0.29) is 17.6 Å². The fourth-order valence-electron chi connectivity index (χ4n) is 2.92. The first-order valence-corrected chi connectivity index (χ1v) is 7.76.